The summed E-state index contributed by atoms with van der Waals surface area (Å²) in [6.45, 7) is 4.01. The van der Waals surface area contributed by atoms with Gasteiger partial charge in [-0.15, -0.1) is 0 Å². The lowest BCUT2D eigenvalue weighted by Crippen LogP contribution is -2.29. The van der Waals surface area contributed by atoms with Gasteiger partial charge in [0, 0.05) is 12.6 Å². The second-order valence-electron chi connectivity index (χ2n) is 4.62. The average Bonchev–Trinajstić information content (AvgIpc) is 2.28. The Hall–Kier alpha value is -0.450. The topological polar surface area (TPSA) is 15.3 Å². The Kier molecular flexibility index (Phi) is 6.09. The van der Waals surface area contributed by atoms with Gasteiger partial charge >= 0.3 is 0 Å². The second-order valence-corrected chi connectivity index (χ2v) is 5.48. The quantitative estimate of drug-likeness (QED) is 0.869. The minimum atomic E-state index is -0.214. The van der Waals surface area contributed by atoms with E-state index in [-0.39, 0.29) is 5.82 Å². The van der Waals surface area contributed by atoms with Gasteiger partial charge < -0.3 is 10.2 Å². The molecule has 1 rings (SSSR count). The van der Waals surface area contributed by atoms with Gasteiger partial charge in [0.25, 0.3) is 0 Å². The first-order valence-electron chi connectivity index (χ1n) is 5.81. The first kappa shape index (κ1) is 14.6. The van der Waals surface area contributed by atoms with Gasteiger partial charge in [0.05, 0.1) is 4.47 Å². The summed E-state index contributed by atoms with van der Waals surface area (Å²) in [5, 5.41) is 3.43. The number of halogens is 2. The van der Waals surface area contributed by atoms with Crippen molar-refractivity contribution in [3.63, 3.8) is 0 Å². The summed E-state index contributed by atoms with van der Waals surface area (Å²) in [7, 11) is 4.15. The van der Waals surface area contributed by atoms with Crippen molar-refractivity contribution in [3.8, 4) is 0 Å². The van der Waals surface area contributed by atoms with Gasteiger partial charge in [0.15, 0.2) is 0 Å². The Balaban J connectivity index is 2.36. The Bertz CT molecular complexity index is 355. The van der Waals surface area contributed by atoms with E-state index in [1.807, 2.05) is 12.1 Å². The van der Waals surface area contributed by atoms with Crippen LogP contribution in [0.1, 0.15) is 18.9 Å². The van der Waals surface area contributed by atoms with Gasteiger partial charge in [-0.2, -0.15) is 0 Å². The van der Waals surface area contributed by atoms with Gasteiger partial charge in [0.2, 0.25) is 0 Å². The molecule has 0 aromatic heterocycles. The number of hydrogen-bond acceptors (Lipinski definition) is 2. The monoisotopic (exact) mass is 302 g/mol. The van der Waals surface area contributed by atoms with E-state index in [4.69, 9.17) is 0 Å². The molecule has 0 saturated carbocycles. The molecule has 0 amide bonds. The summed E-state index contributed by atoms with van der Waals surface area (Å²) >= 11 is 3.19. The molecule has 0 fully saturated rings. The summed E-state index contributed by atoms with van der Waals surface area (Å²) in [6.07, 6.45) is 1.11. The van der Waals surface area contributed by atoms with E-state index in [0.29, 0.717) is 10.5 Å². The summed E-state index contributed by atoms with van der Waals surface area (Å²) in [5.74, 6) is -0.214. The minimum Gasteiger partial charge on any atom is -0.310 e. The lowest BCUT2D eigenvalue weighted by molar-refractivity contribution is 0.365. The molecule has 0 aliphatic heterocycles. The van der Waals surface area contributed by atoms with Crippen molar-refractivity contribution in [2.24, 2.45) is 0 Å². The van der Waals surface area contributed by atoms with Gasteiger partial charge in [-0.3, -0.25) is 0 Å². The highest BCUT2D eigenvalue weighted by Gasteiger charge is 2.04. The Labute approximate surface area is 111 Å². The standard InChI is InChI=1S/C13H20BrFN2/c1-10(6-7-17(2)3)16-9-11-4-5-13(15)12(14)8-11/h4-5,8,10,16H,6-7,9H2,1-3H3. The number of benzene rings is 1. The predicted octanol–water partition coefficient (Wildman–Crippen LogP) is 3.02. The molecule has 0 bridgehead atoms. The Morgan fingerprint density at radius 2 is 2.12 bits per heavy atom. The number of hydrogen-bond donors (Lipinski definition) is 1. The lowest BCUT2D eigenvalue weighted by atomic mass is 10.2. The van der Waals surface area contributed by atoms with Crippen molar-refractivity contribution in [1.82, 2.24) is 10.2 Å². The maximum atomic E-state index is 13.0. The first-order chi connectivity index (χ1) is 7.99. The predicted molar refractivity (Wildman–Crippen MR) is 73.6 cm³/mol. The van der Waals surface area contributed by atoms with Crippen LogP contribution in [0.15, 0.2) is 22.7 Å². The van der Waals surface area contributed by atoms with E-state index in [9.17, 15) is 4.39 Å². The second kappa shape index (κ2) is 7.09. The van der Waals surface area contributed by atoms with Crippen LogP contribution in [0.25, 0.3) is 0 Å². The number of rotatable bonds is 6. The van der Waals surface area contributed by atoms with E-state index in [1.54, 1.807) is 0 Å². The molecular formula is C13H20BrFN2. The van der Waals surface area contributed by atoms with Crippen molar-refractivity contribution in [2.75, 3.05) is 20.6 Å². The number of nitrogens with zero attached hydrogens (tertiary/aromatic N) is 1. The fourth-order valence-electron chi connectivity index (χ4n) is 1.50. The zero-order valence-electron chi connectivity index (χ0n) is 10.6. The van der Waals surface area contributed by atoms with E-state index in [2.05, 4.69) is 47.2 Å². The zero-order valence-corrected chi connectivity index (χ0v) is 12.2. The third-order valence-corrected chi connectivity index (χ3v) is 3.26. The molecule has 0 spiro atoms. The molecule has 96 valence electrons. The molecule has 1 aromatic carbocycles. The summed E-state index contributed by atoms with van der Waals surface area (Å²) < 4.78 is 13.6. The van der Waals surface area contributed by atoms with Crippen LogP contribution in [0, 0.1) is 5.82 Å². The van der Waals surface area contributed by atoms with E-state index in [0.717, 1.165) is 25.1 Å². The van der Waals surface area contributed by atoms with Gasteiger partial charge in [-0.05, 0) is 67.6 Å². The first-order valence-corrected chi connectivity index (χ1v) is 6.60. The molecule has 0 radical (unpaired) electrons. The van der Waals surface area contributed by atoms with E-state index in [1.165, 1.54) is 6.07 Å². The molecule has 0 saturated heterocycles. The highest BCUT2D eigenvalue weighted by molar-refractivity contribution is 9.10. The smallest absolute Gasteiger partial charge is 0.137 e. The lowest BCUT2D eigenvalue weighted by Gasteiger charge is -2.16. The third kappa shape index (κ3) is 5.61. The molecule has 0 aliphatic rings. The molecule has 4 heteroatoms. The van der Waals surface area contributed by atoms with E-state index < -0.39 is 0 Å². The molecule has 2 nitrogen and oxygen atoms in total. The third-order valence-electron chi connectivity index (χ3n) is 2.65. The molecule has 1 aromatic rings. The highest BCUT2D eigenvalue weighted by Crippen LogP contribution is 2.16. The Morgan fingerprint density at radius 3 is 2.71 bits per heavy atom. The van der Waals surface area contributed by atoms with Crippen LogP contribution in [0.4, 0.5) is 4.39 Å². The largest absolute Gasteiger partial charge is 0.310 e. The van der Waals surface area contributed by atoms with Crippen molar-refractivity contribution in [1.29, 1.82) is 0 Å². The van der Waals surface area contributed by atoms with Crippen LogP contribution in [0.5, 0.6) is 0 Å². The van der Waals surface area contributed by atoms with Gasteiger partial charge in [0.1, 0.15) is 5.82 Å². The van der Waals surface area contributed by atoms with E-state index >= 15 is 0 Å². The minimum absolute atomic E-state index is 0.214. The molecule has 0 aliphatic carbocycles. The van der Waals surface area contributed by atoms with Crippen molar-refractivity contribution in [3.05, 3.63) is 34.1 Å². The number of nitrogens with one attached hydrogen (secondary N) is 1. The molecular weight excluding hydrogens is 283 g/mol. The maximum Gasteiger partial charge on any atom is 0.137 e. The molecule has 1 unspecified atom stereocenters. The SMILES string of the molecule is CC(CCN(C)C)NCc1ccc(F)c(Br)c1. The summed E-state index contributed by atoms with van der Waals surface area (Å²) in [5.41, 5.74) is 1.09. The Morgan fingerprint density at radius 1 is 1.41 bits per heavy atom. The van der Waals surface area contributed by atoms with Crippen LogP contribution < -0.4 is 5.32 Å². The average molecular weight is 303 g/mol. The van der Waals surface area contributed by atoms with Crippen LogP contribution in [-0.2, 0) is 6.54 Å². The van der Waals surface area contributed by atoms with Gasteiger partial charge in [-0.25, -0.2) is 4.39 Å². The normalized spacial score (nSPS) is 13.1. The molecule has 1 atom stereocenters. The van der Waals surface area contributed by atoms with Crippen molar-refractivity contribution >= 4 is 15.9 Å². The maximum absolute atomic E-state index is 13.0. The van der Waals surface area contributed by atoms with Crippen LogP contribution in [0.3, 0.4) is 0 Å². The summed E-state index contributed by atoms with van der Waals surface area (Å²) in [4.78, 5) is 2.17. The van der Waals surface area contributed by atoms with Gasteiger partial charge in [-0.1, -0.05) is 6.07 Å². The fraction of sp³-hybridized carbons (Fsp3) is 0.538. The fourth-order valence-corrected chi connectivity index (χ4v) is 1.92. The van der Waals surface area contributed by atoms with Crippen molar-refractivity contribution in [2.45, 2.75) is 25.9 Å². The highest BCUT2D eigenvalue weighted by atomic mass is 79.9. The molecule has 17 heavy (non-hydrogen) atoms. The zero-order chi connectivity index (χ0) is 12.8. The molecule has 1 N–H and O–H groups in total. The van der Waals surface area contributed by atoms with Crippen LogP contribution >= 0.6 is 15.9 Å². The van der Waals surface area contributed by atoms with Crippen LogP contribution in [0.2, 0.25) is 0 Å². The molecule has 0 heterocycles. The summed E-state index contributed by atoms with van der Waals surface area (Å²) in [6, 6.07) is 5.58. The van der Waals surface area contributed by atoms with Crippen LogP contribution in [-0.4, -0.2) is 31.6 Å². The van der Waals surface area contributed by atoms with Crippen molar-refractivity contribution < 1.29 is 4.39 Å².